The minimum Gasteiger partial charge on any atom is -0.453 e. The maximum Gasteiger partial charge on any atom is 0.409 e. The highest BCUT2D eigenvalue weighted by atomic mass is 32.1. The Morgan fingerprint density at radius 1 is 1.24 bits per heavy atom. The van der Waals surface area contributed by atoms with E-state index in [-0.39, 0.29) is 18.2 Å². The second-order valence-corrected chi connectivity index (χ2v) is 6.59. The Hall–Kier alpha value is -2.61. The van der Waals surface area contributed by atoms with E-state index in [0.29, 0.717) is 31.1 Å². The van der Waals surface area contributed by atoms with Crippen molar-refractivity contribution in [3.8, 4) is 11.3 Å². The van der Waals surface area contributed by atoms with Gasteiger partial charge >= 0.3 is 12.1 Å². The lowest BCUT2D eigenvalue weighted by atomic mass is 10.1. The highest BCUT2D eigenvalue weighted by Crippen LogP contribution is 2.24. The Balaban J connectivity index is 1.49. The molecular weight excluding hydrogens is 340 g/mol. The van der Waals surface area contributed by atoms with Crippen LogP contribution in [0.2, 0.25) is 0 Å². The Labute approximate surface area is 150 Å². The highest BCUT2D eigenvalue weighted by Gasteiger charge is 2.24. The van der Waals surface area contributed by atoms with Crippen LogP contribution in [0, 0.1) is 0 Å². The van der Waals surface area contributed by atoms with E-state index < -0.39 is 0 Å². The number of carbonyl (C=O) groups is 2. The van der Waals surface area contributed by atoms with Gasteiger partial charge in [-0.15, -0.1) is 11.3 Å². The molecule has 0 unspecified atom stereocenters. The fourth-order valence-electron chi connectivity index (χ4n) is 2.73. The summed E-state index contributed by atoms with van der Waals surface area (Å²) in [6.45, 7) is 1.15. The SMILES string of the molecule is COC(=O)N1CCC(NC(=O)Nc2nc(-c3ccccc3)cs2)CC1. The first-order valence-electron chi connectivity index (χ1n) is 8.07. The van der Waals surface area contributed by atoms with Gasteiger partial charge in [0.25, 0.3) is 0 Å². The standard InChI is InChI=1S/C17H20N4O3S/c1-24-17(23)21-9-7-13(8-10-21)18-15(22)20-16-19-14(11-25-16)12-5-3-2-4-6-12/h2-6,11,13H,7-10H2,1H3,(H2,18,19,20,22). The second kappa shape index (κ2) is 7.98. The molecular formula is C17H20N4O3S. The molecule has 7 nitrogen and oxygen atoms in total. The number of anilines is 1. The van der Waals surface area contributed by atoms with Crippen LogP contribution in [0.5, 0.6) is 0 Å². The van der Waals surface area contributed by atoms with E-state index in [1.165, 1.54) is 18.4 Å². The van der Waals surface area contributed by atoms with Gasteiger partial charge in [-0.05, 0) is 12.8 Å². The summed E-state index contributed by atoms with van der Waals surface area (Å²) in [6.07, 6.45) is 1.09. The predicted molar refractivity (Wildman–Crippen MR) is 96.7 cm³/mol. The van der Waals surface area contributed by atoms with E-state index in [4.69, 9.17) is 4.74 Å². The number of ether oxygens (including phenoxy) is 1. The number of amides is 3. The fourth-order valence-corrected chi connectivity index (χ4v) is 3.44. The maximum atomic E-state index is 12.1. The number of rotatable bonds is 3. The first kappa shape index (κ1) is 17.2. The lowest BCUT2D eigenvalue weighted by Crippen LogP contribution is -2.47. The molecule has 1 aromatic carbocycles. The number of nitrogens with one attached hydrogen (secondary N) is 2. The molecule has 1 aliphatic rings. The van der Waals surface area contributed by atoms with Crippen molar-refractivity contribution in [1.82, 2.24) is 15.2 Å². The van der Waals surface area contributed by atoms with E-state index in [9.17, 15) is 9.59 Å². The van der Waals surface area contributed by atoms with Crippen LogP contribution in [0.25, 0.3) is 11.3 Å². The Bertz CT molecular complexity index is 727. The summed E-state index contributed by atoms with van der Waals surface area (Å²) in [5.74, 6) is 0. The van der Waals surface area contributed by atoms with Crippen LogP contribution in [-0.2, 0) is 4.74 Å². The molecule has 25 heavy (non-hydrogen) atoms. The van der Waals surface area contributed by atoms with Crippen LogP contribution in [0.4, 0.5) is 14.7 Å². The first-order chi connectivity index (χ1) is 12.2. The molecule has 0 atom stereocenters. The summed E-state index contributed by atoms with van der Waals surface area (Å²) >= 11 is 1.39. The molecule has 2 heterocycles. The van der Waals surface area contributed by atoms with E-state index in [0.717, 1.165) is 11.3 Å². The summed E-state index contributed by atoms with van der Waals surface area (Å²) in [5.41, 5.74) is 1.86. The van der Waals surface area contributed by atoms with Crippen molar-refractivity contribution >= 4 is 28.6 Å². The molecule has 0 bridgehead atoms. The van der Waals surface area contributed by atoms with Crippen LogP contribution >= 0.6 is 11.3 Å². The number of methoxy groups -OCH3 is 1. The molecule has 0 saturated carbocycles. The van der Waals surface area contributed by atoms with Crippen molar-refractivity contribution in [1.29, 1.82) is 0 Å². The van der Waals surface area contributed by atoms with E-state index in [2.05, 4.69) is 15.6 Å². The van der Waals surface area contributed by atoms with Gasteiger partial charge in [-0.1, -0.05) is 30.3 Å². The van der Waals surface area contributed by atoms with Crippen LogP contribution in [0.15, 0.2) is 35.7 Å². The van der Waals surface area contributed by atoms with Gasteiger partial charge in [0.05, 0.1) is 12.8 Å². The number of carbonyl (C=O) groups excluding carboxylic acids is 2. The molecule has 0 spiro atoms. The molecule has 0 aliphatic carbocycles. The number of nitrogens with zero attached hydrogens (tertiary/aromatic N) is 2. The normalized spacial score (nSPS) is 14.8. The lowest BCUT2D eigenvalue weighted by Gasteiger charge is -2.31. The van der Waals surface area contributed by atoms with Gasteiger partial charge in [0, 0.05) is 30.1 Å². The van der Waals surface area contributed by atoms with E-state index >= 15 is 0 Å². The molecule has 3 amide bonds. The third-order valence-electron chi connectivity index (χ3n) is 4.06. The lowest BCUT2D eigenvalue weighted by molar-refractivity contribution is 0.110. The number of benzene rings is 1. The molecule has 1 aromatic heterocycles. The number of hydrogen-bond acceptors (Lipinski definition) is 5. The van der Waals surface area contributed by atoms with Gasteiger partial charge in [-0.2, -0.15) is 0 Å². The zero-order chi connectivity index (χ0) is 17.6. The van der Waals surface area contributed by atoms with Crippen LogP contribution in [-0.4, -0.2) is 48.2 Å². The number of likely N-dealkylation sites (tertiary alicyclic amines) is 1. The van der Waals surface area contributed by atoms with Gasteiger partial charge < -0.3 is 15.0 Å². The number of urea groups is 1. The summed E-state index contributed by atoms with van der Waals surface area (Å²) in [5, 5.41) is 8.18. The largest absolute Gasteiger partial charge is 0.453 e. The molecule has 3 rings (SSSR count). The first-order valence-corrected chi connectivity index (χ1v) is 8.95. The summed E-state index contributed by atoms with van der Waals surface area (Å²) in [4.78, 5) is 29.7. The Morgan fingerprint density at radius 3 is 2.64 bits per heavy atom. The average Bonchev–Trinajstić information content (AvgIpc) is 3.10. The zero-order valence-corrected chi connectivity index (χ0v) is 14.7. The van der Waals surface area contributed by atoms with Crippen molar-refractivity contribution in [3.05, 3.63) is 35.7 Å². The number of thiazole rings is 1. The van der Waals surface area contributed by atoms with Gasteiger partial charge in [-0.3, -0.25) is 5.32 Å². The van der Waals surface area contributed by atoms with Crippen LogP contribution in [0.3, 0.4) is 0 Å². The van der Waals surface area contributed by atoms with Gasteiger partial charge in [-0.25, -0.2) is 14.6 Å². The minimum atomic E-state index is -0.320. The minimum absolute atomic E-state index is 0.0365. The Kier molecular flexibility index (Phi) is 5.49. The second-order valence-electron chi connectivity index (χ2n) is 5.73. The van der Waals surface area contributed by atoms with Crippen LogP contribution in [0.1, 0.15) is 12.8 Å². The third kappa shape index (κ3) is 4.48. The van der Waals surface area contributed by atoms with E-state index in [1.807, 2.05) is 35.7 Å². The van der Waals surface area contributed by atoms with Crippen molar-refractivity contribution in [2.75, 3.05) is 25.5 Å². The van der Waals surface area contributed by atoms with Crippen molar-refractivity contribution in [2.24, 2.45) is 0 Å². The molecule has 132 valence electrons. The molecule has 2 aromatic rings. The molecule has 1 fully saturated rings. The molecule has 0 radical (unpaired) electrons. The molecule has 1 aliphatic heterocycles. The quantitative estimate of drug-likeness (QED) is 0.881. The monoisotopic (exact) mass is 360 g/mol. The van der Waals surface area contributed by atoms with Crippen LogP contribution < -0.4 is 10.6 Å². The zero-order valence-electron chi connectivity index (χ0n) is 13.9. The molecule has 2 N–H and O–H groups in total. The van der Waals surface area contributed by atoms with Gasteiger partial charge in [0.1, 0.15) is 0 Å². The molecule has 8 heteroatoms. The van der Waals surface area contributed by atoms with Gasteiger partial charge in [0.15, 0.2) is 5.13 Å². The fraction of sp³-hybridized carbons (Fsp3) is 0.353. The summed E-state index contributed by atoms with van der Waals surface area (Å²) < 4.78 is 4.70. The van der Waals surface area contributed by atoms with E-state index in [1.54, 1.807) is 4.90 Å². The summed E-state index contributed by atoms with van der Waals surface area (Å²) in [6, 6.07) is 9.58. The number of aromatic nitrogens is 1. The number of piperidine rings is 1. The average molecular weight is 360 g/mol. The Morgan fingerprint density at radius 2 is 1.96 bits per heavy atom. The highest BCUT2D eigenvalue weighted by molar-refractivity contribution is 7.14. The molecule has 1 saturated heterocycles. The van der Waals surface area contributed by atoms with Crippen molar-refractivity contribution in [3.63, 3.8) is 0 Å². The predicted octanol–water partition coefficient (Wildman–Crippen LogP) is 3.16. The number of hydrogen-bond donors (Lipinski definition) is 2. The van der Waals surface area contributed by atoms with Crippen molar-refractivity contribution in [2.45, 2.75) is 18.9 Å². The maximum absolute atomic E-state index is 12.1. The van der Waals surface area contributed by atoms with Crippen molar-refractivity contribution < 1.29 is 14.3 Å². The third-order valence-corrected chi connectivity index (χ3v) is 4.81. The summed E-state index contributed by atoms with van der Waals surface area (Å²) in [7, 11) is 1.37. The van der Waals surface area contributed by atoms with Gasteiger partial charge in [0.2, 0.25) is 0 Å². The smallest absolute Gasteiger partial charge is 0.409 e. The topological polar surface area (TPSA) is 83.6 Å².